The Morgan fingerprint density at radius 2 is 1.90 bits per heavy atom. The first kappa shape index (κ1) is 18.6. The number of amides is 1. The number of nitrogens with zero attached hydrogens (tertiary/aromatic N) is 4. The van der Waals surface area contributed by atoms with Crippen LogP contribution < -0.4 is 5.32 Å². The summed E-state index contributed by atoms with van der Waals surface area (Å²) in [7, 11) is 0. The van der Waals surface area contributed by atoms with Gasteiger partial charge in [0.25, 0.3) is 5.91 Å². The molecule has 1 amide bonds. The van der Waals surface area contributed by atoms with Crippen LogP contribution in [0.5, 0.6) is 0 Å². The van der Waals surface area contributed by atoms with Crippen LogP contribution in [-0.2, 0) is 6.42 Å². The van der Waals surface area contributed by atoms with Gasteiger partial charge in [0.15, 0.2) is 0 Å². The Labute approximate surface area is 168 Å². The van der Waals surface area contributed by atoms with E-state index in [1.807, 2.05) is 62.4 Å². The second kappa shape index (κ2) is 7.71. The molecule has 2 aromatic heterocycles. The monoisotopic (exact) mass is 387 g/mol. The van der Waals surface area contributed by atoms with Gasteiger partial charge in [-0.1, -0.05) is 31.2 Å². The van der Waals surface area contributed by atoms with Gasteiger partial charge < -0.3 is 9.73 Å². The van der Waals surface area contributed by atoms with Crippen molar-refractivity contribution in [2.24, 2.45) is 0 Å². The summed E-state index contributed by atoms with van der Waals surface area (Å²) in [4.78, 5) is 13.0. The summed E-state index contributed by atoms with van der Waals surface area (Å²) in [6.07, 6.45) is 2.29. The molecular formula is C22H21N5O2. The second-order valence-corrected chi connectivity index (χ2v) is 6.72. The van der Waals surface area contributed by atoms with Crippen molar-refractivity contribution >= 4 is 11.6 Å². The van der Waals surface area contributed by atoms with Gasteiger partial charge in [0.1, 0.15) is 0 Å². The van der Waals surface area contributed by atoms with E-state index in [0.29, 0.717) is 29.5 Å². The number of hydrogen-bond donors (Lipinski definition) is 1. The Morgan fingerprint density at radius 1 is 1.10 bits per heavy atom. The van der Waals surface area contributed by atoms with E-state index in [0.717, 1.165) is 22.5 Å². The topological polar surface area (TPSA) is 85.8 Å². The summed E-state index contributed by atoms with van der Waals surface area (Å²) in [5.74, 6) is 0.710. The summed E-state index contributed by atoms with van der Waals surface area (Å²) in [5, 5.41) is 15.3. The number of carbonyl (C=O) groups is 1. The van der Waals surface area contributed by atoms with Crippen molar-refractivity contribution in [2.45, 2.75) is 27.2 Å². The summed E-state index contributed by atoms with van der Waals surface area (Å²) in [5.41, 5.74) is 4.71. The quantitative estimate of drug-likeness (QED) is 0.550. The SMILES string of the molecule is CCc1c(C(=O)Nc2cc(-c3nnc(C)o3)ccc2C)cnn1-c1ccccc1. The van der Waals surface area contributed by atoms with Crippen molar-refractivity contribution in [3.8, 4) is 17.1 Å². The zero-order valence-electron chi connectivity index (χ0n) is 16.5. The molecule has 146 valence electrons. The summed E-state index contributed by atoms with van der Waals surface area (Å²) in [6.45, 7) is 5.69. The van der Waals surface area contributed by atoms with Crippen molar-refractivity contribution in [2.75, 3.05) is 5.32 Å². The van der Waals surface area contributed by atoms with Crippen LogP contribution in [0.1, 0.15) is 34.4 Å². The number of anilines is 1. The van der Waals surface area contributed by atoms with Crippen LogP contribution in [0.2, 0.25) is 0 Å². The molecule has 0 radical (unpaired) electrons. The van der Waals surface area contributed by atoms with E-state index in [-0.39, 0.29) is 5.91 Å². The minimum atomic E-state index is -0.203. The number of carbonyl (C=O) groups excluding carboxylic acids is 1. The van der Waals surface area contributed by atoms with Crippen LogP contribution in [0.3, 0.4) is 0 Å². The molecule has 4 rings (SSSR count). The zero-order chi connectivity index (χ0) is 20.4. The first-order valence-electron chi connectivity index (χ1n) is 9.41. The van der Waals surface area contributed by atoms with Gasteiger partial charge in [-0.25, -0.2) is 4.68 Å². The minimum Gasteiger partial charge on any atom is -0.421 e. The highest BCUT2D eigenvalue weighted by Crippen LogP contribution is 2.25. The van der Waals surface area contributed by atoms with Gasteiger partial charge >= 0.3 is 0 Å². The molecular weight excluding hydrogens is 366 g/mol. The molecule has 7 nitrogen and oxygen atoms in total. The molecule has 7 heteroatoms. The first-order valence-corrected chi connectivity index (χ1v) is 9.41. The molecule has 0 atom stereocenters. The Kier molecular flexibility index (Phi) is 4.95. The van der Waals surface area contributed by atoms with Crippen LogP contribution in [0.4, 0.5) is 5.69 Å². The van der Waals surface area contributed by atoms with Gasteiger partial charge in [-0.15, -0.1) is 10.2 Å². The number of aromatic nitrogens is 4. The lowest BCUT2D eigenvalue weighted by atomic mass is 10.1. The molecule has 2 aromatic carbocycles. The van der Waals surface area contributed by atoms with Crippen molar-refractivity contribution in [3.63, 3.8) is 0 Å². The molecule has 0 aliphatic carbocycles. The molecule has 0 bridgehead atoms. The molecule has 0 unspecified atom stereocenters. The largest absolute Gasteiger partial charge is 0.421 e. The zero-order valence-corrected chi connectivity index (χ0v) is 16.5. The highest BCUT2D eigenvalue weighted by Gasteiger charge is 2.18. The number of hydrogen-bond acceptors (Lipinski definition) is 5. The molecule has 0 aliphatic heterocycles. The smallest absolute Gasteiger partial charge is 0.259 e. The number of para-hydroxylation sites is 1. The summed E-state index contributed by atoms with van der Waals surface area (Å²) >= 11 is 0. The average molecular weight is 387 g/mol. The molecule has 0 aliphatic rings. The maximum absolute atomic E-state index is 13.0. The van der Waals surface area contributed by atoms with Crippen LogP contribution >= 0.6 is 0 Å². The van der Waals surface area contributed by atoms with E-state index in [2.05, 4.69) is 20.6 Å². The van der Waals surface area contributed by atoms with Crippen molar-refractivity contribution < 1.29 is 9.21 Å². The number of rotatable bonds is 5. The van der Waals surface area contributed by atoms with Gasteiger partial charge in [-0.3, -0.25) is 4.79 Å². The molecule has 0 spiro atoms. The van der Waals surface area contributed by atoms with E-state index in [1.165, 1.54) is 0 Å². The lowest BCUT2D eigenvalue weighted by molar-refractivity contribution is 0.102. The first-order chi connectivity index (χ1) is 14.1. The molecule has 29 heavy (non-hydrogen) atoms. The lowest BCUT2D eigenvalue weighted by Gasteiger charge is -2.11. The fourth-order valence-electron chi connectivity index (χ4n) is 3.19. The average Bonchev–Trinajstić information content (AvgIpc) is 3.36. The maximum Gasteiger partial charge on any atom is 0.259 e. The van der Waals surface area contributed by atoms with E-state index >= 15 is 0 Å². The number of benzene rings is 2. The predicted molar refractivity (Wildman–Crippen MR) is 110 cm³/mol. The van der Waals surface area contributed by atoms with Crippen LogP contribution in [0.25, 0.3) is 17.1 Å². The predicted octanol–water partition coefficient (Wildman–Crippen LogP) is 4.35. The summed E-state index contributed by atoms with van der Waals surface area (Å²) < 4.78 is 7.30. The second-order valence-electron chi connectivity index (χ2n) is 6.72. The van der Waals surface area contributed by atoms with Crippen molar-refractivity contribution in [1.82, 2.24) is 20.0 Å². The molecule has 2 heterocycles. The van der Waals surface area contributed by atoms with E-state index in [4.69, 9.17) is 4.42 Å². The highest BCUT2D eigenvalue weighted by atomic mass is 16.4. The standard InChI is InChI=1S/C22H21N5O2/c1-4-20-18(13-23-27(20)17-8-6-5-7-9-17)21(28)24-19-12-16(11-10-14(19)2)22-26-25-15(3)29-22/h5-13H,4H2,1-3H3,(H,24,28). The van der Waals surface area contributed by atoms with E-state index in [1.54, 1.807) is 17.8 Å². The van der Waals surface area contributed by atoms with Gasteiger partial charge in [0.05, 0.1) is 23.1 Å². The normalized spacial score (nSPS) is 10.9. The fraction of sp³-hybridized carbons (Fsp3) is 0.182. The van der Waals surface area contributed by atoms with Crippen LogP contribution in [0.15, 0.2) is 59.1 Å². The van der Waals surface area contributed by atoms with E-state index in [9.17, 15) is 4.79 Å². The summed E-state index contributed by atoms with van der Waals surface area (Å²) in [6, 6.07) is 15.4. The van der Waals surface area contributed by atoms with E-state index < -0.39 is 0 Å². The van der Waals surface area contributed by atoms with Gasteiger partial charge in [-0.2, -0.15) is 5.10 Å². The number of nitrogens with one attached hydrogen (secondary N) is 1. The molecule has 0 saturated heterocycles. The van der Waals surface area contributed by atoms with Crippen LogP contribution in [-0.4, -0.2) is 25.9 Å². The minimum absolute atomic E-state index is 0.203. The van der Waals surface area contributed by atoms with Crippen molar-refractivity contribution in [1.29, 1.82) is 0 Å². The molecule has 1 N–H and O–H groups in total. The van der Waals surface area contributed by atoms with Gasteiger partial charge in [0, 0.05) is 18.2 Å². The Bertz CT molecular complexity index is 1160. The Balaban J connectivity index is 1.64. The Hall–Kier alpha value is -3.74. The fourth-order valence-corrected chi connectivity index (χ4v) is 3.19. The highest BCUT2D eigenvalue weighted by molar-refractivity contribution is 6.05. The maximum atomic E-state index is 13.0. The van der Waals surface area contributed by atoms with Gasteiger partial charge in [0.2, 0.25) is 11.8 Å². The third-order valence-electron chi connectivity index (χ3n) is 4.71. The number of aryl methyl sites for hydroxylation is 2. The third-order valence-corrected chi connectivity index (χ3v) is 4.71. The third kappa shape index (κ3) is 3.67. The molecule has 0 fully saturated rings. The Morgan fingerprint density at radius 3 is 2.59 bits per heavy atom. The van der Waals surface area contributed by atoms with Crippen LogP contribution in [0, 0.1) is 13.8 Å². The lowest BCUT2D eigenvalue weighted by Crippen LogP contribution is -2.15. The molecule has 4 aromatic rings. The van der Waals surface area contributed by atoms with Gasteiger partial charge in [-0.05, 0) is 43.2 Å². The molecule has 0 saturated carbocycles. The van der Waals surface area contributed by atoms with Crippen molar-refractivity contribution in [3.05, 3.63) is 77.4 Å².